The molecule has 1 rings (SSSR count). The summed E-state index contributed by atoms with van der Waals surface area (Å²) in [5.41, 5.74) is 0.385. The van der Waals surface area contributed by atoms with Crippen molar-refractivity contribution in [2.45, 2.75) is 6.18 Å². The molecule has 126 valence electrons. The standard InChI is InChI=1S/C13H14F3N3O4/c1-17-11(21)8-2-4-9(5-3-8)23-6-10(20)19-12(22)18-7-13(14,15)16/h2-5H,6-7H2,1H3,(H,17,21)(H2,18,19,20,22). The first-order chi connectivity index (χ1) is 10.7. The van der Waals surface area contributed by atoms with Crippen molar-refractivity contribution in [2.24, 2.45) is 0 Å². The summed E-state index contributed by atoms with van der Waals surface area (Å²) in [4.78, 5) is 33.7. The van der Waals surface area contributed by atoms with Gasteiger partial charge in [-0.1, -0.05) is 0 Å². The van der Waals surface area contributed by atoms with Crippen LogP contribution in [-0.4, -0.2) is 44.2 Å². The molecule has 7 nitrogen and oxygen atoms in total. The topological polar surface area (TPSA) is 96.5 Å². The highest BCUT2D eigenvalue weighted by Crippen LogP contribution is 2.12. The Labute approximate surface area is 129 Å². The number of rotatable bonds is 5. The van der Waals surface area contributed by atoms with Gasteiger partial charge in [0, 0.05) is 12.6 Å². The fourth-order valence-electron chi connectivity index (χ4n) is 1.38. The van der Waals surface area contributed by atoms with Crippen LogP contribution < -0.4 is 20.7 Å². The van der Waals surface area contributed by atoms with Gasteiger partial charge in [-0.15, -0.1) is 0 Å². The van der Waals surface area contributed by atoms with Gasteiger partial charge >= 0.3 is 12.2 Å². The maximum atomic E-state index is 11.9. The van der Waals surface area contributed by atoms with Gasteiger partial charge in [0.15, 0.2) is 6.61 Å². The molecule has 1 aromatic carbocycles. The van der Waals surface area contributed by atoms with Crippen molar-refractivity contribution >= 4 is 17.8 Å². The minimum atomic E-state index is -4.57. The second-order valence-corrected chi connectivity index (χ2v) is 4.24. The molecule has 0 aliphatic carbocycles. The van der Waals surface area contributed by atoms with E-state index in [1.54, 1.807) is 5.32 Å². The number of nitrogens with one attached hydrogen (secondary N) is 3. The summed E-state index contributed by atoms with van der Waals surface area (Å²) < 4.78 is 40.6. The van der Waals surface area contributed by atoms with Gasteiger partial charge in [0.05, 0.1) is 0 Å². The molecule has 0 atom stereocenters. The lowest BCUT2D eigenvalue weighted by atomic mass is 10.2. The molecule has 4 amide bonds. The smallest absolute Gasteiger partial charge is 0.405 e. The zero-order valence-electron chi connectivity index (χ0n) is 12.0. The molecule has 0 saturated carbocycles. The van der Waals surface area contributed by atoms with Crippen molar-refractivity contribution in [3.63, 3.8) is 0 Å². The number of benzene rings is 1. The highest BCUT2D eigenvalue weighted by molar-refractivity contribution is 5.95. The second kappa shape index (κ2) is 8.01. The van der Waals surface area contributed by atoms with Gasteiger partial charge in [0.2, 0.25) is 0 Å². The molecule has 0 fully saturated rings. The Morgan fingerprint density at radius 1 is 1.13 bits per heavy atom. The van der Waals surface area contributed by atoms with Crippen LogP contribution in [0.3, 0.4) is 0 Å². The van der Waals surface area contributed by atoms with Crippen molar-refractivity contribution in [1.82, 2.24) is 16.0 Å². The van der Waals surface area contributed by atoms with Crippen molar-refractivity contribution < 1.29 is 32.3 Å². The summed E-state index contributed by atoms with van der Waals surface area (Å²) in [6.45, 7) is -2.12. The molecule has 0 aliphatic heterocycles. The van der Waals surface area contributed by atoms with Crippen LogP contribution in [0, 0.1) is 0 Å². The van der Waals surface area contributed by atoms with Gasteiger partial charge < -0.3 is 15.4 Å². The Kier molecular flexibility index (Phi) is 6.36. The van der Waals surface area contributed by atoms with E-state index >= 15 is 0 Å². The number of amides is 4. The number of hydrogen-bond acceptors (Lipinski definition) is 4. The number of hydrogen-bond donors (Lipinski definition) is 3. The molecular weight excluding hydrogens is 319 g/mol. The van der Waals surface area contributed by atoms with Gasteiger partial charge in [0.1, 0.15) is 12.3 Å². The van der Waals surface area contributed by atoms with E-state index in [9.17, 15) is 27.6 Å². The van der Waals surface area contributed by atoms with Crippen LogP contribution in [0.1, 0.15) is 10.4 Å². The van der Waals surface area contributed by atoms with Crippen molar-refractivity contribution in [2.75, 3.05) is 20.2 Å². The van der Waals surface area contributed by atoms with Crippen LogP contribution in [0.25, 0.3) is 0 Å². The third kappa shape index (κ3) is 7.16. The molecule has 0 aromatic heterocycles. The molecule has 1 aromatic rings. The Morgan fingerprint density at radius 3 is 2.26 bits per heavy atom. The highest BCUT2D eigenvalue weighted by Gasteiger charge is 2.27. The summed E-state index contributed by atoms with van der Waals surface area (Å²) in [5.74, 6) is -0.959. The summed E-state index contributed by atoms with van der Waals surface area (Å²) >= 11 is 0. The number of halogens is 3. The maximum Gasteiger partial charge on any atom is 0.405 e. The van der Waals surface area contributed by atoms with Crippen LogP contribution in [-0.2, 0) is 4.79 Å². The molecule has 0 radical (unpaired) electrons. The van der Waals surface area contributed by atoms with E-state index < -0.39 is 31.3 Å². The normalized spacial score (nSPS) is 10.6. The number of urea groups is 1. The predicted octanol–water partition coefficient (Wildman–Crippen LogP) is 0.813. The van der Waals surface area contributed by atoms with E-state index in [1.165, 1.54) is 36.6 Å². The van der Waals surface area contributed by atoms with Crippen molar-refractivity contribution in [1.29, 1.82) is 0 Å². The Balaban J connectivity index is 2.38. The molecule has 3 N–H and O–H groups in total. The number of imide groups is 1. The van der Waals surface area contributed by atoms with Gasteiger partial charge in [-0.05, 0) is 24.3 Å². The molecule has 0 heterocycles. The van der Waals surface area contributed by atoms with E-state index in [2.05, 4.69) is 5.32 Å². The Hall–Kier alpha value is -2.78. The van der Waals surface area contributed by atoms with Crippen molar-refractivity contribution in [3.05, 3.63) is 29.8 Å². The SMILES string of the molecule is CNC(=O)c1ccc(OCC(=O)NC(=O)NCC(F)(F)F)cc1. The van der Waals surface area contributed by atoms with Crippen LogP contribution in [0.15, 0.2) is 24.3 Å². The third-order valence-electron chi connectivity index (χ3n) is 2.42. The van der Waals surface area contributed by atoms with Gasteiger partial charge in [-0.25, -0.2) is 4.79 Å². The maximum absolute atomic E-state index is 11.9. The molecule has 23 heavy (non-hydrogen) atoms. The Morgan fingerprint density at radius 2 is 1.74 bits per heavy atom. The zero-order valence-corrected chi connectivity index (χ0v) is 12.0. The Bertz CT molecular complexity index is 573. The lowest BCUT2D eigenvalue weighted by molar-refractivity contribution is -0.125. The number of carbonyl (C=O) groups excluding carboxylic acids is 3. The van der Waals surface area contributed by atoms with Gasteiger partial charge in [-0.3, -0.25) is 14.9 Å². The summed E-state index contributed by atoms with van der Waals surface area (Å²) in [5, 5.41) is 5.59. The largest absolute Gasteiger partial charge is 0.484 e. The highest BCUT2D eigenvalue weighted by atomic mass is 19.4. The molecular formula is C13H14F3N3O4. The summed E-state index contributed by atoms with van der Waals surface area (Å²) in [6.07, 6.45) is -4.57. The van der Waals surface area contributed by atoms with Crippen LogP contribution in [0.2, 0.25) is 0 Å². The first-order valence-electron chi connectivity index (χ1n) is 6.30. The quantitative estimate of drug-likeness (QED) is 0.743. The van der Waals surface area contributed by atoms with E-state index in [0.29, 0.717) is 5.56 Å². The third-order valence-corrected chi connectivity index (χ3v) is 2.42. The minimum absolute atomic E-state index is 0.253. The minimum Gasteiger partial charge on any atom is -0.484 e. The van der Waals surface area contributed by atoms with E-state index in [4.69, 9.17) is 4.74 Å². The van der Waals surface area contributed by atoms with Gasteiger partial charge in [0.25, 0.3) is 11.8 Å². The average molecular weight is 333 g/mol. The van der Waals surface area contributed by atoms with Crippen LogP contribution in [0.4, 0.5) is 18.0 Å². The molecule has 10 heteroatoms. The van der Waals surface area contributed by atoms with E-state index in [1.807, 2.05) is 0 Å². The molecule has 0 spiro atoms. The van der Waals surface area contributed by atoms with Gasteiger partial charge in [-0.2, -0.15) is 13.2 Å². The number of carbonyl (C=O) groups is 3. The lowest BCUT2D eigenvalue weighted by Gasteiger charge is -2.10. The number of alkyl halides is 3. The monoisotopic (exact) mass is 333 g/mol. The molecule has 0 bridgehead atoms. The molecule has 0 unspecified atom stereocenters. The molecule has 0 saturated heterocycles. The fraction of sp³-hybridized carbons (Fsp3) is 0.308. The summed E-state index contributed by atoms with van der Waals surface area (Å²) in [6, 6.07) is 4.51. The van der Waals surface area contributed by atoms with Crippen molar-refractivity contribution in [3.8, 4) is 5.75 Å². The average Bonchev–Trinajstić information content (AvgIpc) is 2.50. The van der Waals surface area contributed by atoms with E-state index in [-0.39, 0.29) is 11.7 Å². The van der Waals surface area contributed by atoms with E-state index in [0.717, 1.165) is 0 Å². The van der Waals surface area contributed by atoms with Crippen LogP contribution in [0.5, 0.6) is 5.75 Å². The lowest BCUT2D eigenvalue weighted by Crippen LogP contribution is -2.44. The predicted molar refractivity (Wildman–Crippen MR) is 72.9 cm³/mol. The zero-order chi connectivity index (χ0) is 17.5. The molecule has 0 aliphatic rings. The second-order valence-electron chi connectivity index (χ2n) is 4.24. The fourth-order valence-corrected chi connectivity index (χ4v) is 1.38. The first kappa shape index (κ1) is 18.3. The summed E-state index contributed by atoms with van der Waals surface area (Å²) in [7, 11) is 1.47. The number of ether oxygens (including phenoxy) is 1. The first-order valence-corrected chi connectivity index (χ1v) is 6.30. The van der Waals surface area contributed by atoms with Crippen LogP contribution >= 0.6 is 0 Å².